The summed E-state index contributed by atoms with van der Waals surface area (Å²) in [6.07, 6.45) is 4.88. The smallest absolute Gasteiger partial charge is 0.323 e. The third kappa shape index (κ3) is 9.72. The summed E-state index contributed by atoms with van der Waals surface area (Å²) in [5, 5.41) is 4.44. The lowest BCUT2D eigenvalue weighted by Gasteiger charge is -2.42. The number of benzene rings is 1. The summed E-state index contributed by atoms with van der Waals surface area (Å²) in [5.41, 5.74) is 9.88. The minimum atomic E-state index is -1.11. The van der Waals surface area contributed by atoms with Gasteiger partial charge in [-0.1, -0.05) is 46.4 Å². The molecular weight excluding hydrogens is 853 g/mol. The van der Waals surface area contributed by atoms with Gasteiger partial charge in [-0.2, -0.15) is 0 Å². The van der Waals surface area contributed by atoms with Crippen molar-refractivity contribution in [2.75, 3.05) is 40.4 Å². The second-order valence-corrected chi connectivity index (χ2v) is 21.2. The molecule has 3 aliphatic heterocycles. The topological polar surface area (TPSA) is 168 Å². The van der Waals surface area contributed by atoms with Gasteiger partial charge in [0.1, 0.15) is 17.2 Å². The van der Waals surface area contributed by atoms with Crippen molar-refractivity contribution in [2.45, 2.75) is 104 Å². The molecular formula is C50H66N8O7Si. The number of pyridine rings is 2. The summed E-state index contributed by atoms with van der Waals surface area (Å²) in [4.78, 5) is 82.8. The quantitative estimate of drug-likeness (QED) is 0.133. The summed E-state index contributed by atoms with van der Waals surface area (Å²) in [6, 6.07) is 14.1. The number of likely N-dealkylation sites (tertiary alicyclic amines) is 1. The van der Waals surface area contributed by atoms with E-state index in [1.165, 1.54) is 16.0 Å². The number of cyclic esters (lactones) is 1. The molecule has 15 nitrogen and oxygen atoms in total. The van der Waals surface area contributed by atoms with Crippen LogP contribution < -0.4 is 10.7 Å². The molecule has 6 bridgehead atoms. The second kappa shape index (κ2) is 19.6. The van der Waals surface area contributed by atoms with Crippen molar-refractivity contribution in [1.29, 1.82) is 0 Å². The zero-order valence-corrected chi connectivity index (χ0v) is 42.0. The van der Waals surface area contributed by atoms with Crippen LogP contribution in [0.3, 0.4) is 0 Å². The Balaban J connectivity index is 1.31. The van der Waals surface area contributed by atoms with Gasteiger partial charge < -0.3 is 29.2 Å². The molecule has 5 atom stereocenters. The molecule has 7 rings (SSSR count). The maximum Gasteiger partial charge on any atom is 0.323 e. The molecule has 66 heavy (non-hydrogen) atoms. The molecule has 3 aromatic heterocycles. The number of hydrazine groups is 1. The Morgan fingerprint density at radius 2 is 1.89 bits per heavy atom. The minimum Gasteiger partial charge on any atom is -0.464 e. The summed E-state index contributed by atoms with van der Waals surface area (Å²) >= 11 is 0. The number of carbonyl (C=O) groups is 5. The Hall–Kier alpha value is -5.71. The maximum absolute atomic E-state index is 14.8. The zero-order chi connectivity index (χ0) is 47.7. The van der Waals surface area contributed by atoms with Crippen LogP contribution in [0, 0.1) is 17.3 Å². The van der Waals surface area contributed by atoms with Gasteiger partial charge in [-0.05, 0) is 93.5 Å². The lowest BCUT2D eigenvalue weighted by atomic mass is 9.84. The van der Waals surface area contributed by atoms with Crippen LogP contribution in [0.5, 0.6) is 0 Å². The molecule has 0 aliphatic carbocycles. The average molecular weight is 919 g/mol. The Labute approximate surface area is 391 Å². The molecule has 352 valence electrons. The predicted octanol–water partition coefficient (Wildman–Crippen LogP) is 4.35. The number of likely N-dealkylation sites (N-methyl/N-ethyl adjacent to an activating group) is 1. The number of methoxy groups -OCH3 is 1. The van der Waals surface area contributed by atoms with E-state index in [4.69, 9.17) is 19.4 Å². The van der Waals surface area contributed by atoms with E-state index in [0.717, 1.165) is 39.0 Å². The van der Waals surface area contributed by atoms with Gasteiger partial charge in [0.15, 0.2) is 0 Å². The highest BCUT2D eigenvalue weighted by Gasteiger charge is 2.44. The van der Waals surface area contributed by atoms with E-state index in [1.807, 2.05) is 45.0 Å². The molecule has 4 aromatic rings. The molecule has 6 heterocycles. The van der Waals surface area contributed by atoms with Crippen LogP contribution in [0.15, 0.2) is 67.4 Å². The van der Waals surface area contributed by atoms with Gasteiger partial charge in [0.2, 0.25) is 17.7 Å². The van der Waals surface area contributed by atoms with Crippen LogP contribution in [-0.4, -0.2) is 127 Å². The Morgan fingerprint density at radius 1 is 1.12 bits per heavy atom. The Morgan fingerprint density at radius 3 is 2.61 bits per heavy atom. The van der Waals surface area contributed by atoms with E-state index in [1.54, 1.807) is 25.3 Å². The summed E-state index contributed by atoms with van der Waals surface area (Å²) in [5.74, 6) is -2.61. The van der Waals surface area contributed by atoms with E-state index in [-0.39, 0.29) is 43.4 Å². The third-order valence-corrected chi connectivity index (χ3v) is 14.7. The van der Waals surface area contributed by atoms with Crippen molar-refractivity contribution < 1.29 is 33.4 Å². The van der Waals surface area contributed by atoms with E-state index in [9.17, 15) is 24.0 Å². The second-order valence-electron chi connectivity index (χ2n) is 19.5. The fourth-order valence-corrected chi connectivity index (χ4v) is 10.7. The number of aryl methyl sites for hydroxylation is 1. The van der Waals surface area contributed by atoms with Gasteiger partial charge in [-0.15, -0.1) is 0 Å². The highest BCUT2D eigenvalue weighted by Crippen LogP contribution is 2.42. The van der Waals surface area contributed by atoms with Crippen molar-refractivity contribution in [1.82, 2.24) is 40.1 Å². The number of ether oxygens (including phenoxy) is 2. The first-order chi connectivity index (χ1) is 31.4. The van der Waals surface area contributed by atoms with E-state index < -0.39 is 46.4 Å². The van der Waals surface area contributed by atoms with Gasteiger partial charge in [0.25, 0.3) is 5.91 Å². The fraction of sp³-hybridized carbons (Fsp3) is 0.500. The summed E-state index contributed by atoms with van der Waals surface area (Å²) in [6.45, 7) is 17.4. The lowest BCUT2D eigenvalue weighted by Crippen LogP contribution is -2.67. The number of hydrogen-bond acceptors (Lipinski definition) is 10. The fourth-order valence-electron chi connectivity index (χ4n) is 9.97. The van der Waals surface area contributed by atoms with Crippen molar-refractivity contribution in [3.63, 3.8) is 0 Å². The molecule has 0 spiro atoms. The van der Waals surface area contributed by atoms with Gasteiger partial charge in [0.05, 0.1) is 35.7 Å². The number of hydrogen-bond donors (Lipinski definition) is 2. The van der Waals surface area contributed by atoms with E-state index in [0.29, 0.717) is 66.9 Å². The van der Waals surface area contributed by atoms with Gasteiger partial charge in [0, 0.05) is 96.3 Å². The van der Waals surface area contributed by atoms with Gasteiger partial charge >= 0.3 is 5.97 Å². The van der Waals surface area contributed by atoms with Crippen molar-refractivity contribution in [2.24, 2.45) is 17.3 Å². The van der Waals surface area contributed by atoms with Gasteiger partial charge in [-0.3, -0.25) is 38.9 Å². The molecule has 0 saturated carbocycles. The molecule has 1 aromatic carbocycles. The van der Waals surface area contributed by atoms with Crippen LogP contribution in [0.2, 0.25) is 0 Å². The number of nitrogens with one attached hydrogen (secondary N) is 2. The highest BCUT2D eigenvalue weighted by molar-refractivity contribution is 6.27. The molecule has 0 radical (unpaired) electrons. The molecule has 16 heteroatoms. The van der Waals surface area contributed by atoms with E-state index in [2.05, 4.69) is 66.9 Å². The van der Waals surface area contributed by atoms with Crippen molar-refractivity contribution in [3.05, 3.63) is 84.3 Å². The SMILES string of the molecule is C=CC(=O)N1CC[C@H](C(=O)N(C)[C@H](C(=O)N[C@H]2Cc3cccc(n3)-c3ccc4c(c3)c(c(-c3cccnc3[C@H](C)OC)n4CC)CC(C)(C)COC(=O)[C@@]3([SiH3])CCCN(N3)C2=O)C(C)C)C1. The van der Waals surface area contributed by atoms with Crippen molar-refractivity contribution >= 4 is 50.7 Å². The number of aromatic nitrogens is 3. The number of nitrogens with zero attached hydrogens (tertiary/aromatic N) is 6. The molecule has 0 unspecified atom stereocenters. The molecule has 4 amide bonds. The van der Waals surface area contributed by atoms with Crippen LogP contribution >= 0.6 is 0 Å². The van der Waals surface area contributed by atoms with E-state index >= 15 is 0 Å². The third-order valence-electron chi connectivity index (χ3n) is 13.5. The normalized spacial score (nSPS) is 22.1. The van der Waals surface area contributed by atoms with Crippen LogP contribution in [0.1, 0.15) is 83.9 Å². The number of amides is 4. The number of fused-ring (bicyclic) bond motifs is 6. The highest BCUT2D eigenvalue weighted by atomic mass is 28.1. The predicted molar refractivity (Wildman–Crippen MR) is 257 cm³/mol. The molecule has 2 saturated heterocycles. The molecule has 2 N–H and O–H groups in total. The zero-order valence-electron chi connectivity index (χ0n) is 40.0. The first kappa shape index (κ1) is 48.2. The Bertz CT molecular complexity index is 2520. The van der Waals surface area contributed by atoms with Crippen molar-refractivity contribution in [3.8, 4) is 22.5 Å². The molecule has 2 fully saturated rings. The number of carbonyl (C=O) groups excluding carboxylic acids is 5. The summed E-state index contributed by atoms with van der Waals surface area (Å²) < 4.78 is 14.4. The largest absolute Gasteiger partial charge is 0.464 e. The van der Waals surface area contributed by atoms with Gasteiger partial charge in [-0.25, -0.2) is 5.43 Å². The standard InChI is InChI=1S/C50H66N8O7Si/c1-10-41(59)56-24-20-33(28-56)46(61)55(8)43(30(3)4)45(60)53-39-26-34-15-12-17-38(52-34)32-18-19-40-36(25-32)37(44(57(40)11-2)35-16-13-22-51-42(35)31(5)64-9)27-49(6,7)29-65-48(63)50(66)21-14-23-58(54-50)47(39)62/h10,12-13,15-19,22,25,30-31,33,39,43,54H,1,11,14,20-21,23-24,26-29H2,2-9,66H3,(H,53,60)/t31-,33-,39-,43-,50-/m0/s1. The maximum atomic E-state index is 14.8. The summed E-state index contributed by atoms with van der Waals surface area (Å²) in [7, 11) is 3.63. The van der Waals surface area contributed by atoms with Crippen LogP contribution in [0.25, 0.3) is 33.4 Å². The first-order valence-electron chi connectivity index (χ1n) is 23.2. The number of rotatable bonds is 10. The molecule has 3 aliphatic rings. The lowest BCUT2D eigenvalue weighted by molar-refractivity contribution is -0.158. The monoisotopic (exact) mass is 918 g/mol. The van der Waals surface area contributed by atoms with Crippen LogP contribution in [-0.2, 0) is 52.8 Å². The van der Waals surface area contributed by atoms with Crippen LogP contribution in [0.4, 0.5) is 0 Å². The Kier molecular flexibility index (Phi) is 14.3. The first-order valence-corrected chi connectivity index (χ1v) is 24.2. The minimum absolute atomic E-state index is 0.0401. The average Bonchev–Trinajstić information content (AvgIpc) is 3.92. The number of esters is 1.